The van der Waals surface area contributed by atoms with Gasteiger partial charge in [0.05, 0.1) is 0 Å². The van der Waals surface area contributed by atoms with Crippen molar-refractivity contribution in [3.8, 4) is 0 Å². The molecule has 0 aliphatic carbocycles. The van der Waals surface area contributed by atoms with Crippen LogP contribution in [-0.4, -0.2) is 36.3 Å². The average Bonchev–Trinajstić information content (AvgIpc) is 2.39. The third-order valence-corrected chi connectivity index (χ3v) is 4.52. The number of halogens is 1. The number of amides is 1. The molecule has 0 spiro atoms. The van der Waals surface area contributed by atoms with Crippen LogP contribution in [0.5, 0.6) is 0 Å². The molecule has 0 unspecified atom stereocenters. The largest absolute Gasteiger partial charge is 0.481 e. The number of rotatable bonds is 6. The molecule has 0 saturated heterocycles. The molecule has 0 bridgehead atoms. The minimum Gasteiger partial charge on any atom is -0.481 e. The van der Waals surface area contributed by atoms with Gasteiger partial charge in [-0.1, -0.05) is 18.0 Å². The number of hydrogen-bond acceptors (Lipinski definition) is 4. The summed E-state index contributed by atoms with van der Waals surface area (Å²) in [7, 11) is -3.82. The SMILES string of the molecule is O=C(O)CCCCCN1C(=O)C=C(Cl)S1(=O)=O. The van der Waals surface area contributed by atoms with Crippen LogP contribution in [0.15, 0.2) is 10.4 Å². The summed E-state index contributed by atoms with van der Waals surface area (Å²) in [4.78, 5) is 21.5. The number of sulfonamides is 1. The van der Waals surface area contributed by atoms with Crippen LogP contribution in [-0.2, 0) is 19.6 Å². The minimum absolute atomic E-state index is 0.0352. The summed E-state index contributed by atoms with van der Waals surface area (Å²) < 4.78 is 23.2. The van der Waals surface area contributed by atoms with Crippen LogP contribution in [0.1, 0.15) is 25.7 Å². The summed E-state index contributed by atoms with van der Waals surface area (Å²) in [6, 6.07) is 0. The van der Waals surface area contributed by atoms with Gasteiger partial charge in [-0.3, -0.25) is 9.59 Å². The number of carbonyl (C=O) groups excluding carboxylic acids is 1. The van der Waals surface area contributed by atoms with Crippen LogP contribution in [0.4, 0.5) is 0 Å². The van der Waals surface area contributed by atoms with Crippen LogP contribution < -0.4 is 0 Å². The van der Waals surface area contributed by atoms with Gasteiger partial charge in [-0.25, -0.2) is 12.7 Å². The highest BCUT2D eigenvalue weighted by atomic mass is 35.5. The van der Waals surface area contributed by atoms with Crippen molar-refractivity contribution in [1.82, 2.24) is 4.31 Å². The van der Waals surface area contributed by atoms with E-state index in [4.69, 9.17) is 16.7 Å². The maximum Gasteiger partial charge on any atom is 0.303 e. The molecule has 17 heavy (non-hydrogen) atoms. The van der Waals surface area contributed by atoms with Crippen molar-refractivity contribution in [3.05, 3.63) is 10.4 Å². The van der Waals surface area contributed by atoms with Gasteiger partial charge < -0.3 is 5.11 Å². The molecule has 0 radical (unpaired) electrons. The molecule has 0 saturated carbocycles. The van der Waals surface area contributed by atoms with Gasteiger partial charge in [0.15, 0.2) is 4.36 Å². The van der Waals surface area contributed by atoms with Gasteiger partial charge in [0.1, 0.15) is 0 Å². The van der Waals surface area contributed by atoms with Crippen LogP contribution in [0, 0.1) is 0 Å². The maximum absolute atomic E-state index is 11.5. The van der Waals surface area contributed by atoms with Crippen molar-refractivity contribution in [2.45, 2.75) is 25.7 Å². The lowest BCUT2D eigenvalue weighted by Gasteiger charge is -2.14. The zero-order valence-electron chi connectivity index (χ0n) is 8.93. The molecule has 1 heterocycles. The number of carboxylic acids is 1. The lowest BCUT2D eigenvalue weighted by atomic mass is 10.2. The molecule has 0 aromatic heterocycles. The Bertz CT molecular complexity index is 456. The Labute approximate surface area is 104 Å². The summed E-state index contributed by atoms with van der Waals surface area (Å²) >= 11 is 5.41. The number of unbranched alkanes of at least 4 members (excludes halogenated alkanes) is 2. The fourth-order valence-electron chi connectivity index (χ4n) is 1.41. The van der Waals surface area contributed by atoms with Gasteiger partial charge in [0.2, 0.25) is 0 Å². The summed E-state index contributed by atoms with van der Waals surface area (Å²) in [5, 5.41) is 8.40. The third kappa shape index (κ3) is 3.44. The summed E-state index contributed by atoms with van der Waals surface area (Å²) in [5.41, 5.74) is 0. The molecule has 0 aromatic rings. The molecule has 0 fully saturated rings. The van der Waals surface area contributed by atoms with E-state index in [9.17, 15) is 18.0 Å². The fourth-order valence-corrected chi connectivity index (χ4v) is 2.87. The van der Waals surface area contributed by atoms with E-state index in [0.29, 0.717) is 23.6 Å². The Kier molecular flexibility index (Phi) is 4.53. The number of aliphatic carboxylic acids is 1. The first-order valence-corrected chi connectivity index (χ1v) is 6.83. The molecular weight excluding hydrogens is 270 g/mol. The Balaban J connectivity index is 2.39. The Morgan fingerprint density at radius 2 is 2.00 bits per heavy atom. The highest BCUT2D eigenvalue weighted by Gasteiger charge is 2.35. The molecule has 6 nitrogen and oxygen atoms in total. The van der Waals surface area contributed by atoms with E-state index in [1.54, 1.807) is 0 Å². The van der Waals surface area contributed by atoms with E-state index >= 15 is 0 Å². The maximum atomic E-state index is 11.5. The molecule has 0 aromatic carbocycles. The van der Waals surface area contributed by atoms with Gasteiger partial charge in [-0.2, -0.15) is 0 Å². The minimum atomic E-state index is -3.82. The van der Waals surface area contributed by atoms with Crippen molar-refractivity contribution in [1.29, 1.82) is 0 Å². The first kappa shape index (κ1) is 14.0. The first-order chi connectivity index (χ1) is 7.85. The predicted molar refractivity (Wildman–Crippen MR) is 60.7 cm³/mol. The normalized spacial score (nSPS) is 18.3. The van der Waals surface area contributed by atoms with Gasteiger partial charge in [-0.15, -0.1) is 0 Å². The Morgan fingerprint density at radius 3 is 2.47 bits per heavy atom. The zero-order chi connectivity index (χ0) is 13.1. The molecule has 1 N–H and O–H groups in total. The van der Waals surface area contributed by atoms with E-state index in [0.717, 1.165) is 6.08 Å². The first-order valence-electron chi connectivity index (χ1n) is 5.01. The molecule has 96 valence electrons. The number of carboxylic acid groups (broad SMARTS) is 1. The predicted octanol–water partition coefficient (Wildman–Crippen LogP) is 0.884. The molecular formula is C9H12ClNO5S. The van der Waals surface area contributed by atoms with Gasteiger partial charge in [0.25, 0.3) is 15.9 Å². The van der Waals surface area contributed by atoms with Crippen molar-refractivity contribution < 1.29 is 23.1 Å². The number of carbonyl (C=O) groups is 2. The fraction of sp³-hybridized carbons (Fsp3) is 0.556. The van der Waals surface area contributed by atoms with E-state index < -0.39 is 26.3 Å². The van der Waals surface area contributed by atoms with Crippen molar-refractivity contribution in [3.63, 3.8) is 0 Å². The van der Waals surface area contributed by atoms with Crippen LogP contribution >= 0.6 is 11.6 Å². The molecule has 1 amide bonds. The van der Waals surface area contributed by atoms with Crippen LogP contribution in [0.25, 0.3) is 0 Å². The van der Waals surface area contributed by atoms with Gasteiger partial charge in [0, 0.05) is 19.0 Å². The zero-order valence-corrected chi connectivity index (χ0v) is 10.5. The van der Waals surface area contributed by atoms with Gasteiger partial charge in [-0.05, 0) is 12.8 Å². The number of nitrogens with zero attached hydrogens (tertiary/aromatic N) is 1. The number of hydrogen-bond donors (Lipinski definition) is 1. The highest BCUT2D eigenvalue weighted by Crippen LogP contribution is 2.25. The smallest absolute Gasteiger partial charge is 0.303 e. The van der Waals surface area contributed by atoms with E-state index in [-0.39, 0.29) is 13.0 Å². The standard InChI is InChI=1S/C9H12ClNO5S/c10-7-6-8(12)11(17(7,15)16)5-3-1-2-4-9(13)14/h6H,1-5H2,(H,13,14). The second kappa shape index (κ2) is 5.50. The van der Waals surface area contributed by atoms with Crippen LogP contribution in [0.2, 0.25) is 0 Å². The molecule has 8 heteroatoms. The lowest BCUT2D eigenvalue weighted by molar-refractivity contribution is -0.137. The summed E-state index contributed by atoms with van der Waals surface area (Å²) in [5.74, 6) is -1.53. The topological polar surface area (TPSA) is 91.8 Å². The van der Waals surface area contributed by atoms with Crippen molar-refractivity contribution in [2.75, 3.05) is 6.54 Å². The van der Waals surface area contributed by atoms with E-state index in [1.807, 2.05) is 0 Å². The molecule has 0 atom stereocenters. The van der Waals surface area contributed by atoms with Gasteiger partial charge >= 0.3 is 5.97 Å². The highest BCUT2D eigenvalue weighted by molar-refractivity contribution is 7.95. The quantitative estimate of drug-likeness (QED) is 0.730. The lowest BCUT2D eigenvalue weighted by Crippen LogP contribution is -2.31. The average molecular weight is 282 g/mol. The summed E-state index contributed by atoms with van der Waals surface area (Å²) in [6.45, 7) is 0.0352. The molecule has 1 rings (SSSR count). The molecule has 1 aliphatic rings. The van der Waals surface area contributed by atoms with Crippen LogP contribution in [0.3, 0.4) is 0 Å². The second-order valence-corrected chi connectivity index (χ2v) is 6.03. The molecule has 1 aliphatic heterocycles. The van der Waals surface area contributed by atoms with Crippen molar-refractivity contribution >= 4 is 33.5 Å². The van der Waals surface area contributed by atoms with Crippen molar-refractivity contribution in [2.24, 2.45) is 0 Å². The van der Waals surface area contributed by atoms with E-state index in [1.165, 1.54) is 0 Å². The second-order valence-electron chi connectivity index (χ2n) is 3.57. The Hall–Kier alpha value is -1.08. The third-order valence-electron chi connectivity index (χ3n) is 2.27. The monoisotopic (exact) mass is 281 g/mol. The Morgan fingerprint density at radius 1 is 1.35 bits per heavy atom. The summed E-state index contributed by atoms with van der Waals surface area (Å²) in [6.07, 6.45) is 2.34. The van der Waals surface area contributed by atoms with E-state index in [2.05, 4.69) is 0 Å².